The Bertz CT molecular complexity index is 548. The molecular weight excluding hydrogens is 314 g/mol. The van der Waals surface area contributed by atoms with Crippen LogP contribution in [0.2, 0.25) is 0 Å². The first-order valence-corrected chi connectivity index (χ1v) is 9.81. The Morgan fingerprint density at radius 3 is 2.88 bits per heavy atom. The second-order valence-electron chi connectivity index (χ2n) is 8.11. The molecule has 1 aliphatic carbocycles. The van der Waals surface area contributed by atoms with Gasteiger partial charge in [0.05, 0.1) is 31.0 Å². The number of anilines is 1. The molecule has 1 aromatic rings. The lowest BCUT2D eigenvalue weighted by Crippen LogP contribution is -2.42. The molecule has 0 aromatic heterocycles. The predicted octanol–water partition coefficient (Wildman–Crippen LogP) is 3.72. The number of aliphatic hydroxyl groups excluding tert-OH is 1. The van der Waals surface area contributed by atoms with E-state index in [1.54, 1.807) is 0 Å². The van der Waals surface area contributed by atoms with E-state index in [0.29, 0.717) is 31.6 Å². The first-order valence-electron chi connectivity index (χ1n) is 9.81. The number of aliphatic hydroxyl groups is 1. The molecule has 0 amide bonds. The van der Waals surface area contributed by atoms with Gasteiger partial charge in [0.2, 0.25) is 0 Å². The number of ether oxygens (including phenoxy) is 2. The summed E-state index contributed by atoms with van der Waals surface area (Å²) in [6.07, 6.45) is 3.48. The van der Waals surface area contributed by atoms with E-state index < -0.39 is 6.10 Å². The van der Waals surface area contributed by atoms with Crippen molar-refractivity contribution in [3.05, 3.63) is 24.3 Å². The third-order valence-electron chi connectivity index (χ3n) is 5.72. The molecule has 0 radical (unpaired) electrons. The quantitative estimate of drug-likeness (QED) is 0.851. The van der Waals surface area contributed by atoms with Crippen molar-refractivity contribution in [2.75, 3.05) is 31.2 Å². The van der Waals surface area contributed by atoms with Gasteiger partial charge in [-0.1, -0.05) is 39.3 Å². The van der Waals surface area contributed by atoms with Crippen molar-refractivity contribution in [3.63, 3.8) is 0 Å². The van der Waals surface area contributed by atoms with Crippen molar-refractivity contribution in [3.8, 4) is 5.75 Å². The highest BCUT2D eigenvalue weighted by atomic mass is 16.5. The van der Waals surface area contributed by atoms with Crippen molar-refractivity contribution >= 4 is 5.69 Å². The van der Waals surface area contributed by atoms with Crippen molar-refractivity contribution in [2.24, 2.45) is 17.8 Å². The molecule has 1 saturated carbocycles. The second-order valence-corrected chi connectivity index (χ2v) is 8.11. The summed E-state index contributed by atoms with van der Waals surface area (Å²) in [5.41, 5.74) is 1.07. The standard InChI is InChI=1S/C21H33NO3/c1-15(2)18-9-8-16(3)12-21(18)25-14-17(23)13-22-10-11-24-20-7-5-4-6-19(20)22/h4-7,15-18,21,23H,8-14H2,1-3H3. The van der Waals surface area contributed by atoms with Crippen LogP contribution in [0.3, 0.4) is 0 Å². The van der Waals surface area contributed by atoms with Crippen LogP contribution >= 0.6 is 0 Å². The summed E-state index contributed by atoms with van der Waals surface area (Å²) in [6, 6.07) is 8.04. The Labute approximate surface area is 152 Å². The Morgan fingerprint density at radius 2 is 2.08 bits per heavy atom. The largest absolute Gasteiger partial charge is 0.490 e. The number of para-hydroxylation sites is 2. The minimum absolute atomic E-state index is 0.287. The zero-order valence-electron chi connectivity index (χ0n) is 15.9. The lowest BCUT2D eigenvalue weighted by Gasteiger charge is -2.38. The molecule has 1 aliphatic heterocycles. The minimum Gasteiger partial charge on any atom is -0.490 e. The molecule has 1 fully saturated rings. The molecule has 25 heavy (non-hydrogen) atoms. The first-order chi connectivity index (χ1) is 12.0. The predicted molar refractivity (Wildman–Crippen MR) is 101 cm³/mol. The topological polar surface area (TPSA) is 41.9 Å². The van der Waals surface area contributed by atoms with Gasteiger partial charge in [-0.05, 0) is 42.7 Å². The monoisotopic (exact) mass is 347 g/mol. The van der Waals surface area contributed by atoms with Crippen LogP contribution in [0.5, 0.6) is 5.75 Å². The number of hydrogen-bond acceptors (Lipinski definition) is 4. The highest BCUT2D eigenvalue weighted by Gasteiger charge is 2.32. The maximum atomic E-state index is 10.5. The SMILES string of the molecule is CC1CCC(C(C)C)C(OCC(O)CN2CCOc3ccccc32)C1. The molecular formula is C21H33NO3. The average molecular weight is 347 g/mol. The summed E-state index contributed by atoms with van der Waals surface area (Å²) in [5, 5.41) is 10.5. The van der Waals surface area contributed by atoms with Gasteiger partial charge in [-0.15, -0.1) is 0 Å². The van der Waals surface area contributed by atoms with Gasteiger partial charge in [-0.2, -0.15) is 0 Å². The molecule has 1 N–H and O–H groups in total. The van der Waals surface area contributed by atoms with Crippen LogP contribution in [-0.2, 0) is 4.74 Å². The molecule has 1 heterocycles. The van der Waals surface area contributed by atoms with Crippen molar-refractivity contribution in [2.45, 2.75) is 52.2 Å². The number of fused-ring (bicyclic) bond motifs is 1. The molecule has 4 nitrogen and oxygen atoms in total. The van der Waals surface area contributed by atoms with E-state index in [0.717, 1.165) is 30.3 Å². The van der Waals surface area contributed by atoms with E-state index in [1.807, 2.05) is 18.2 Å². The highest BCUT2D eigenvalue weighted by Crippen LogP contribution is 2.35. The van der Waals surface area contributed by atoms with E-state index in [2.05, 4.69) is 31.7 Å². The van der Waals surface area contributed by atoms with Crippen LogP contribution in [0.1, 0.15) is 40.0 Å². The van der Waals surface area contributed by atoms with Crippen LogP contribution in [0, 0.1) is 17.8 Å². The van der Waals surface area contributed by atoms with E-state index in [-0.39, 0.29) is 6.10 Å². The van der Waals surface area contributed by atoms with Gasteiger partial charge in [0.1, 0.15) is 12.4 Å². The third kappa shape index (κ3) is 4.68. The molecule has 4 heteroatoms. The van der Waals surface area contributed by atoms with Crippen LogP contribution in [0.15, 0.2) is 24.3 Å². The summed E-state index contributed by atoms with van der Waals surface area (Å²) in [4.78, 5) is 2.20. The maximum absolute atomic E-state index is 10.5. The van der Waals surface area contributed by atoms with E-state index in [1.165, 1.54) is 12.8 Å². The fourth-order valence-electron chi connectivity index (χ4n) is 4.26. The zero-order chi connectivity index (χ0) is 17.8. The summed E-state index contributed by atoms with van der Waals surface area (Å²) < 4.78 is 11.9. The highest BCUT2D eigenvalue weighted by molar-refractivity contribution is 5.59. The van der Waals surface area contributed by atoms with Gasteiger partial charge < -0.3 is 19.5 Å². The van der Waals surface area contributed by atoms with Gasteiger partial charge in [-0.3, -0.25) is 0 Å². The summed E-state index contributed by atoms with van der Waals surface area (Å²) >= 11 is 0. The molecule has 0 spiro atoms. The molecule has 1 aromatic carbocycles. The summed E-state index contributed by atoms with van der Waals surface area (Å²) in [7, 11) is 0. The lowest BCUT2D eigenvalue weighted by molar-refractivity contribution is -0.0673. The Morgan fingerprint density at radius 1 is 1.28 bits per heavy atom. The van der Waals surface area contributed by atoms with E-state index in [9.17, 15) is 5.11 Å². The first kappa shape index (κ1) is 18.5. The molecule has 0 bridgehead atoms. The maximum Gasteiger partial charge on any atom is 0.142 e. The Hall–Kier alpha value is -1.26. The number of rotatable bonds is 6. The molecule has 0 saturated heterocycles. The van der Waals surface area contributed by atoms with Crippen LogP contribution in [0.4, 0.5) is 5.69 Å². The number of β-amino-alcohol motifs (C(OH)–C–C–N with tert-alkyl or cyclic N) is 1. The van der Waals surface area contributed by atoms with E-state index >= 15 is 0 Å². The van der Waals surface area contributed by atoms with Gasteiger partial charge in [0.15, 0.2) is 0 Å². The Balaban J connectivity index is 1.53. The molecule has 2 aliphatic rings. The van der Waals surface area contributed by atoms with Gasteiger partial charge in [-0.25, -0.2) is 0 Å². The molecule has 4 atom stereocenters. The third-order valence-corrected chi connectivity index (χ3v) is 5.72. The minimum atomic E-state index is -0.476. The van der Waals surface area contributed by atoms with Crippen LogP contribution in [-0.4, -0.2) is 43.6 Å². The Kier molecular flexibility index (Phi) is 6.24. The fourth-order valence-corrected chi connectivity index (χ4v) is 4.26. The smallest absolute Gasteiger partial charge is 0.142 e. The van der Waals surface area contributed by atoms with Crippen molar-refractivity contribution < 1.29 is 14.6 Å². The zero-order valence-corrected chi connectivity index (χ0v) is 15.9. The van der Waals surface area contributed by atoms with Crippen LogP contribution < -0.4 is 9.64 Å². The number of hydrogen-bond donors (Lipinski definition) is 1. The second kappa shape index (κ2) is 8.41. The van der Waals surface area contributed by atoms with Crippen molar-refractivity contribution in [1.29, 1.82) is 0 Å². The van der Waals surface area contributed by atoms with Gasteiger partial charge in [0.25, 0.3) is 0 Å². The molecule has 140 valence electrons. The normalized spacial score (nSPS) is 27.7. The lowest BCUT2D eigenvalue weighted by atomic mass is 9.75. The summed E-state index contributed by atoms with van der Waals surface area (Å²) in [5.74, 6) is 2.89. The fraction of sp³-hybridized carbons (Fsp3) is 0.714. The molecule has 4 unspecified atom stereocenters. The molecule has 3 rings (SSSR count). The number of nitrogens with zero attached hydrogens (tertiary/aromatic N) is 1. The average Bonchev–Trinajstić information content (AvgIpc) is 2.60. The number of benzene rings is 1. The van der Waals surface area contributed by atoms with Crippen molar-refractivity contribution in [1.82, 2.24) is 0 Å². The van der Waals surface area contributed by atoms with Crippen LogP contribution in [0.25, 0.3) is 0 Å². The summed E-state index contributed by atoms with van der Waals surface area (Å²) in [6.45, 7) is 9.38. The van der Waals surface area contributed by atoms with Gasteiger partial charge >= 0.3 is 0 Å². The van der Waals surface area contributed by atoms with Gasteiger partial charge in [0, 0.05) is 6.54 Å². The van der Waals surface area contributed by atoms with E-state index in [4.69, 9.17) is 9.47 Å².